The molecule has 0 bridgehead atoms. The molecule has 0 aromatic heterocycles. The van der Waals surface area contributed by atoms with Gasteiger partial charge in [-0.3, -0.25) is 4.99 Å². The Morgan fingerprint density at radius 1 is 1.27 bits per heavy atom. The summed E-state index contributed by atoms with van der Waals surface area (Å²) in [7, 11) is 0. The van der Waals surface area contributed by atoms with Crippen molar-refractivity contribution >= 4 is 5.71 Å². The largest absolute Gasteiger partial charge is 0.262 e. The molecule has 2 rings (SSSR count). The molecule has 0 unspecified atom stereocenters. The lowest BCUT2D eigenvalue weighted by atomic mass is 10.1. The van der Waals surface area contributed by atoms with E-state index in [2.05, 4.69) is 37.1 Å². The van der Waals surface area contributed by atoms with Gasteiger partial charge in [-0.05, 0) is 18.9 Å². The summed E-state index contributed by atoms with van der Waals surface area (Å²) in [6.07, 6.45) is 9.95. The predicted molar refractivity (Wildman–Crippen MR) is 68.2 cm³/mol. The van der Waals surface area contributed by atoms with E-state index in [1.807, 2.05) is 13.8 Å². The predicted octanol–water partition coefficient (Wildman–Crippen LogP) is 4.43. The van der Waals surface area contributed by atoms with Gasteiger partial charge in [-0.1, -0.05) is 44.6 Å². The van der Waals surface area contributed by atoms with Crippen molar-refractivity contribution in [1.82, 2.24) is 0 Å². The summed E-state index contributed by atoms with van der Waals surface area (Å²) in [5.41, 5.74) is 5.37. The number of hydrogen-bond donors (Lipinski definition) is 0. The van der Waals surface area contributed by atoms with E-state index in [1.54, 1.807) is 0 Å². The number of aliphatic imine (C=N–C) groups is 1. The van der Waals surface area contributed by atoms with Crippen molar-refractivity contribution in [2.45, 2.75) is 47.0 Å². The van der Waals surface area contributed by atoms with Crippen LogP contribution in [0, 0.1) is 0 Å². The number of nitrogens with zero attached hydrogens (tertiary/aromatic N) is 1. The molecule has 1 heteroatoms. The van der Waals surface area contributed by atoms with Crippen molar-refractivity contribution in [3.8, 4) is 0 Å². The summed E-state index contributed by atoms with van der Waals surface area (Å²) in [4.78, 5) is 4.54. The second-order valence-corrected chi connectivity index (χ2v) is 3.67. The molecule has 2 aliphatic rings. The van der Waals surface area contributed by atoms with E-state index in [0.717, 1.165) is 19.3 Å². The van der Waals surface area contributed by atoms with Crippen molar-refractivity contribution in [3.05, 3.63) is 35.1 Å². The van der Waals surface area contributed by atoms with Gasteiger partial charge in [0.1, 0.15) is 0 Å². The van der Waals surface area contributed by atoms with Crippen molar-refractivity contribution in [2.24, 2.45) is 4.99 Å². The normalized spacial score (nSPS) is 18.7. The molecule has 1 aliphatic heterocycles. The van der Waals surface area contributed by atoms with E-state index in [1.165, 1.54) is 22.6 Å². The highest BCUT2D eigenvalue weighted by molar-refractivity contribution is 5.88. The monoisotopic (exact) mass is 203 g/mol. The van der Waals surface area contributed by atoms with Gasteiger partial charge in [-0.15, -0.1) is 0 Å². The Labute approximate surface area is 93.3 Å². The molecule has 0 N–H and O–H groups in total. The molecule has 0 aromatic rings. The van der Waals surface area contributed by atoms with Gasteiger partial charge in [-0.25, -0.2) is 0 Å². The van der Waals surface area contributed by atoms with Gasteiger partial charge in [0, 0.05) is 24.3 Å². The van der Waals surface area contributed by atoms with Crippen LogP contribution in [-0.4, -0.2) is 5.71 Å². The summed E-state index contributed by atoms with van der Waals surface area (Å²) in [5.74, 6) is 0. The van der Waals surface area contributed by atoms with Crippen LogP contribution < -0.4 is 0 Å². The first-order chi connectivity index (χ1) is 7.29. The van der Waals surface area contributed by atoms with Gasteiger partial charge in [-0.2, -0.15) is 0 Å². The van der Waals surface area contributed by atoms with Crippen LogP contribution in [-0.2, 0) is 0 Å². The molecule has 1 heterocycles. The summed E-state index contributed by atoms with van der Waals surface area (Å²) < 4.78 is 0. The fourth-order valence-electron chi connectivity index (χ4n) is 1.82. The minimum atomic E-state index is 1.02. The fraction of sp³-hybridized carbons (Fsp3) is 0.500. The number of allylic oxidation sites excluding steroid dienone is 5. The lowest BCUT2D eigenvalue weighted by molar-refractivity contribution is 1.10. The van der Waals surface area contributed by atoms with E-state index in [-0.39, 0.29) is 0 Å². The maximum Gasteiger partial charge on any atom is 0.0476 e. The van der Waals surface area contributed by atoms with Crippen LogP contribution in [0.2, 0.25) is 0 Å². The zero-order valence-corrected chi connectivity index (χ0v) is 10.3. The standard InChI is InChI=1S/C12H15N.C2H6/c1-3-10-4-6-11-8-9(2)13-12(11)7-5-10;1-2/h4-6H,3,7-8H2,1-2H3;1-2H3. The van der Waals surface area contributed by atoms with Crippen LogP contribution in [0.15, 0.2) is 40.1 Å². The topological polar surface area (TPSA) is 12.4 Å². The van der Waals surface area contributed by atoms with Crippen LogP contribution in [0.3, 0.4) is 0 Å². The van der Waals surface area contributed by atoms with Gasteiger partial charge in [0.2, 0.25) is 0 Å². The highest BCUT2D eigenvalue weighted by Gasteiger charge is 2.13. The fourth-order valence-corrected chi connectivity index (χ4v) is 1.82. The van der Waals surface area contributed by atoms with Crippen molar-refractivity contribution in [2.75, 3.05) is 0 Å². The van der Waals surface area contributed by atoms with Crippen LogP contribution in [0.25, 0.3) is 0 Å². The number of hydrogen-bond acceptors (Lipinski definition) is 1. The average molecular weight is 203 g/mol. The first-order valence-corrected chi connectivity index (χ1v) is 5.93. The molecule has 0 fully saturated rings. The Morgan fingerprint density at radius 2 is 2.00 bits per heavy atom. The molecule has 15 heavy (non-hydrogen) atoms. The molecule has 0 spiro atoms. The highest BCUT2D eigenvalue weighted by Crippen LogP contribution is 2.27. The minimum absolute atomic E-state index is 1.02. The van der Waals surface area contributed by atoms with Gasteiger partial charge in [0.15, 0.2) is 0 Å². The summed E-state index contributed by atoms with van der Waals surface area (Å²) in [6, 6.07) is 0. The molecular weight excluding hydrogens is 182 g/mol. The van der Waals surface area contributed by atoms with Crippen molar-refractivity contribution in [1.29, 1.82) is 0 Å². The first-order valence-electron chi connectivity index (χ1n) is 5.93. The smallest absolute Gasteiger partial charge is 0.0476 e. The molecular formula is C14H21N. The Morgan fingerprint density at radius 3 is 2.67 bits per heavy atom. The molecule has 0 aromatic carbocycles. The van der Waals surface area contributed by atoms with E-state index in [9.17, 15) is 0 Å². The Balaban J connectivity index is 0.000000531. The number of rotatable bonds is 1. The Kier molecular flexibility index (Phi) is 4.54. The summed E-state index contributed by atoms with van der Waals surface area (Å²) in [6.45, 7) is 8.30. The van der Waals surface area contributed by atoms with Gasteiger partial charge in [0.05, 0.1) is 0 Å². The summed E-state index contributed by atoms with van der Waals surface area (Å²) >= 11 is 0. The molecule has 0 amide bonds. The minimum Gasteiger partial charge on any atom is -0.262 e. The third-order valence-electron chi connectivity index (χ3n) is 2.61. The van der Waals surface area contributed by atoms with E-state index in [0.29, 0.717) is 0 Å². The Hall–Kier alpha value is -1.11. The molecule has 0 atom stereocenters. The molecule has 0 saturated heterocycles. The van der Waals surface area contributed by atoms with Crippen LogP contribution >= 0.6 is 0 Å². The highest BCUT2D eigenvalue weighted by atomic mass is 14.8. The van der Waals surface area contributed by atoms with Gasteiger partial charge in [0.25, 0.3) is 0 Å². The zero-order valence-electron chi connectivity index (χ0n) is 10.3. The Bertz CT molecular complexity index is 340. The second-order valence-electron chi connectivity index (χ2n) is 3.67. The lowest BCUT2D eigenvalue weighted by Gasteiger charge is -1.94. The first kappa shape index (κ1) is 12.0. The third-order valence-corrected chi connectivity index (χ3v) is 2.61. The second kappa shape index (κ2) is 5.69. The van der Waals surface area contributed by atoms with Crippen molar-refractivity contribution < 1.29 is 0 Å². The maximum absolute atomic E-state index is 4.54. The van der Waals surface area contributed by atoms with Crippen LogP contribution in [0.1, 0.15) is 47.0 Å². The third kappa shape index (κ3) is 2.92. The molecule has 0 radical (unpaired) electrons. The SMILES string of the molecule is CC.CCC1=CCC2=C(C=C1)CC(C)=N2. The van der Waals surface area contributed by atoms with Crippen molar-refractivity contribution in [3.63, 3.8) is 0 Å². The molecule has 0 saturated carbocycles. The molecule has 1 nitrogen and oxygen atoms in total. The average Bonchev–Trinajstić information content (AvgIpc) is 2.52. The lowest BCUT2D eigenvalue weighted by Crippen LogP contribution is -1.84. The van der Waals surface area contributed by atoms with E-state index < -0.39 is 0 Å². The molecule has 82 valence electrons. The summed E-state index contributed by atoms with van der Waals surface area (Å²) in [5, 5.41) is 0. The van der Waals surface area contributed by atoms with Crippen LogP contribution in [0.5, 0.6) is 0 Å². The zero-order chi connectivity index (χ0) is 11.3. The van der Waals surface area contributed by atoms with E-state index >= 15 is 0 Å². The maximum atomic E-state index is 4.54. The van der Waals surface area contributed by atoms with E-state index in [4.69, 9.17) is 0 Å². The molecule has 1 aliphatic carbocycles. The van der Waals surface area contributed by atoms with Gasteiger partial charge < -0.3 is 0 Å². The van der Waals surface area contributed by atoms with Gasteiger partial charge >= 0.3 is 0 Å². The van der Waals surface area contributed by atoms with Crippen LogP contribution in [0.4, 0.5) is 0 Å². The quantitative estimate of drug-likeness (QED) is 0.598.